The third kappa shape index (κ3) is 3.08. The van der Waals surface area contributed by atoms with E-state index in [1.165, 1.54) is 4.88 Å². The number of anilines is 1. The number of aromatic nitrogens is 2. The second-order valence-corrected chi connectivity index (χ2v) is 5.76. The molecule has 0 unspecified atom stereocenters. The lowest BCUT2D eigenvalue weighted by Gasteiger charge is -2.13. The first-order valence-corrected chi connectivity index (χ1v) is 7.18. The van der Waals surface area contributed by atoms with Crippen molar-refractivity contribution in [2.75, 3.05) is 5.32 Å². The van der Waals surface area contributed by atoms with Crippen LogP contribution in [0.15, 0.2) is 11.6 Å². The van der Waals surface area contributed by atoms with Gasteiger partial charge in [0.1, 0.15) is 10.8 Å². The van der Waals surface area contributed by atoms with E-state index in [0.717, 1.165) is 28.3 Å². The fraction of sp³-hybridized carbons (Fsp3) is 0.308. The molecule has 0 aromatic carbocycles. The second-order valence-electron chi connectivity index (χ2n) is 4.38. The van der Waals surface area contributed by atoms with Crippen molar-refractivity contribution in [2.24, 2.45) is 5.73 Å². The molecule has 0 saturated heterocycles. The summed E-state index contributed by atoms with van der Waals surface area (Å²) >= 11 is 6.73. The number of nitrogens with one attached hydrogen (secondary N) is 1. The van der Waals surface area contributed by atoms with Gasteiger partial charge in [0.25, 0.3) is 0 Å². The molecule has 0 fully saturated rings. The van der Waals surface area contributed by atoms with E-state index in [4.69, 9.17) is 18.0 Å². The number of hydrogen-bond donors (Lipinski definition) is 2. The van der Waals surface area contributed by atoms with Crippen molar-refractivity contribution in [1.82, 2.24) is 9.97 Å². The zero-order valence-corrected chi connectivity index (χ0v) is 12.8. The van der Waals surface area contributed by atoms with Crippen LogP contribution in [0.3, 0.4) is 0 Å². The standard InChI is InChI=1S/C13H16N4S2/c1-7-4-8(2)17-13(11(7)12(14)18)15-5-10-9(3)16-6-19-10/h4,6H,5H2,1-3H3,(H2,14,18)(H,15,17). The monoisotopic (exact) mass is 292 g/mol. The first-order chi connectivity index (χ1) is 8.99. The molecule has 2 heterocycles. The van der Waals surface area contributed by atoms with E-state index in [1.54, 1.807) is 11.3 Å². The maximum atomic E-state index is 5.79. The number of nitrogens with zero attached hydrogens (tertiary/aromatic N) is 2. The predicted octanol–water partition coefficient (Wildman–Crippen LogP) is 2.71. The van der Waals surface area contributed by atoms with Crippen LogP contribution in [0.2, 0.25) is 0 Å². The average Bonchev–Trinajstić information content (AvgIpc) is 2.70. The number of nitrogens with two attached hydrogens (primary N) is 1. The highest BCUT2D eigenvalue weighted by atomic mass is 32.1. The normalized spacial score (nSPS) is 10.5. The Bertz CT molecular complexity index is 619. The van der Waals surface area contributed by atoms with Gasteiger partial charge in [0.15, 0.2) is 0 Å². The number of aryl methyl sites for hydroxylation is 3. The van der Waals surface area contributed by atoms with Crippen LogP contribution >= 0.6 is 23.6 Å². The molecular weight excluding hydrogens is 276 g/mol. The Morgan fingerprint density at radius 1 is 1.42 bits per heavy atom. The first-order valence-electron chi connectivity index (χ1n) is 5.90. The number of thiazole rings is 1. The molecule has 0 bridgehead atoms. The quantitative estimate of drug-likeness (QED) is 0.848. The van der Waals surface area contributed by atoms with Gasteiger partial charge in [-0.3, -0.25) is 0 Å². The molecule has 100 valence electrons. The van der Waals surface area contributed by atoms with Gasteiger partial charge >= 0.3 is 0 Å². The molecule has 4 nitrogen and oxygen atoms in total. The van der Waals surface area contributed by atoms with Gasteiger partial charge in [-0.2, -0.15) is 0 Å². The van der Waals surface area contributed by atoms with Crippen LogP contribution in [-0.4, -0.2) is 15.0 Å². The highest BCUT2D eigenvalue weighted by Gasteiger charge is 2.12. The van der Waals surface area contributed by atoms with E-state index >= 15 is 0 Å². The molecular formula is C13H16N4S2. The van der Waals surface area contributed by atoms with Gasteiger partial charge in [-0.1, -0.05) is 12.2 Å². The summed E-state index contributed by atoms with van der Waals surface area (Å²) in [6.07, 6.45) is 0. The number of rotatable bonds is 4. The van der Waals surface area contributed by atoms with Gasteiger partial charge in [0, 0.05) is 10.6 Å². The molecule has 0 aliphatic rings. The Hall–Kier alpha value is -1.53. The Balaban J connectivity index is 2.29. The molecule has 3 N–H and O–H groups in total. The topological polar surface area (TPSA) is 63.8 Å². The summed E-state index contributed by atoms with van der Waals surface area (Å²) in [7, 11) is 0. The SMILES string of the molecule is Cc1cc(C)c(C(N)=S)c(NCc2scnc2C)n1. The highest BCUT2D eigenvalue weighted by Crippen LogP contribution is 2.21. The third-order valence-corrected chi connectivity index (χ3v) is 3.99. The van der Waals surface area contributed by atoms with Gasteiger partial charge < -0.3 is 11.1 Å². The van der Waals surface area contributed by atoms with Gasteiger partial charge in [-0.15, -0.1) is 11.3 Å². The first kappa shape index (κ1) is 13.9. The number of thiocarbonyl (C=S) groups is 1. The van der Waals surface area contributed by atoms with E-state index in [9.17, 15) is 0 Å². The smallest absolute Gasteiger partial charge is 0.137 e. The van der Waals surface area contributed by atoms with Crippen molar-refractivity contribution in [3.8, 4) is 0 Å². The molecule has 0 amide bonds. The second kappa shape index (κ2) is 5.63. The highest BCUT2D eigenvalue weighted by molar-refractivity contribution is 7.80. The van der Waals surface area contributed by atoms with E-state index in [-0.39, 0.29) is 0 Å². The Morgan fingerprint density at radius 2 is 2.16 bits per heavy atom. The van der Waals surface area contributed by atoms with Crippen molar-refractivity contribution < 1.29 is 0 Å². The predicted molar refractivity (Wildman–Crippen MR) is 83.8 cm³/mol. The molecule has 0 spiro atoms. The van der Waals surface area contributed by atoms with Crippen molar-refractivity contribution in [1.29, 1.82) is 0 Å². The van der Waals surface area contributed by atoms with Crippen molar-refractivity contribution in [3.63, 3.8) is 0 Å². The van der Waals surface area contributed by atoms with Gasteiger partial charge in [-0.25, -0.2) is 9.97 Å². The molecule has 0 saturated carbocycles. The van der Waals surface area contributed by atoms with E-state index < -0.39 is 0 Å². The molecule has 2 aromatic rings. The van der Waals surface area contributed by atoms with Crippen LogP contribution in [-0.2, 0) is 6.54 Å². The summed E-state index contributed by atoms with van der Waals surface area (Å²) in [6.45, 7) is 6.63. The van der Waals surface area contributed by atoms with Gasteiger partial charge in [0.2, 0.25) is 0 Å². The molecule has 0 atom stereocenters. The lowest BCUT2D eigenvalue weighted by Crippen LogP contribution is -2.16. The van der Waals surface area contributed by atoms with Crippen LogP contribution in [0.25, 0.3) is 0 Å². The van der Waals surface area contributed by atoms with E-state index in [0.29, 0.717) is 11.5 Å². The van der Waals surface area contributed by atoms with Crippen molar-refractivity contribution >= 4 is 34.4 Å². The largest absolute Gasteiger partial charge is 0.389 e. The molecule has 0 aliphatic carbocycles. The zero-order valence-electron chi connectivity index (χ0n) is 11.2. The average molecular weight is 292 g/mol. The summed E-state index contributed by atoms with van der Waals surface area (Å²) in [5.41, 5.74) is 11.5. The summed E-state index contributed by atoms with van der Waals surface area (Å²) < 4.78 is 0. The molecule has 6 heteroatoms. The summed E-state index contributed by atoms with van der Waals surface area (Å²) in [5, 5.41) is 3.31. The van der Waals surface area contributed by atoms with E-state index in [1.807, 2.05) is 32.3 Å². The summed E-state index contributed by atoms with van der Waals surface area (Å²) in [5.74, 6) is 0.748. The minimum atomic E-state index is 0.369. The fourth-order valence-corrected chi connectivity index (χ4v) is 2.91. The zero-order chi connectivity index (χ0) is 14.0. The Labute approximate surface area is 122 Å². The van der Waals surface area contributed by atoms with Crippen molar-refractivity contribution in [2.45, 2.75) is 27.3 Å². The maximum absolute atomic E-state index is 5.79. The molecule has 2 aromatic heterocycles. The van der Waals surface area contributed by atoms with Gasteiger partial charge in [-0.05, 0) is 32.4 Å². The Kier molecular flexibility index (Phi) is 4.11. The molecule has 2 rings (SSSR count). The molecule has 19 heavy (non-hydrogen) atoms. The van der Waals surface area contributed by atoms with Crippen LogP contribution in [0, 0.1) is 20.8 Å². The number of pyridine rings is 1. The lowest BCUT2D eigenvalue weighted by atomic mass is 10.1. The maximum Gasteiger partial charge on any atom is 0.137 e. The Morgan fingerprint density at radius 3 is 2.74 bits per heavy atom. The van der Waals surface area contributed by atoms with Crippen LogP contribution in [0.5, 0.6) is 0 Å². The minimum absolute atomic E-state index is 0.369. The van der Waals surface area contributed by atoms with Crippen LogP contribution < -0.4 is 11.1 Å². The van der Waals surface area contributed by atoms with E-state index in [2.05, 4.69) is 15.3 Å². The van der Waals surface area contributed by atoms with Gasteiger partial charge in [0.05, 0.1) is 23.3 Å². The van der Waals surface area contributed by atoms with Crippen molar-refractivity contribution in [3.05, 3.63) is 39.0 Å². The summed E-state index contributed by atoms with van der Waals surface area (Å²) in [6, 6.07) is 1.98. The molecule has 0 radical (unpaired) electrons. The third-order valence-electron chi connectivity index (χ3n) is 2.85. The fourth-order valence-electron chi connectivity index (χ4n) is 1.94. The molecule has 0 aliphatic heterocycles. The summed E-state index contributed by atoms with van der Waals surface area (Å²) in [4.78, 5) is 10.3. The van der Waals surface area contributed by atoms with Crippen LogP contribution in [0.1, 0.15) is 27.4 Å². The number of hydrogen-bond acceptors (Lipinski definition) is 5. The van der Waals surface area contributed by atoms with Crippen LogP contribution in [0.4, 0.5) is 5.82 Å². The lowest BCUT2D eigenvalue weighted by molar-refractivity contribution is 1.07. The minimum Gasteiger partial charge on any atom is -0.389 e.